The highest BCUT2D eigenvalue weighted by molar-refractivity contribution is 7.26. The highest BCUT2D eigenvalue weighted by atomic mass is 32.1. The number of benzene rings is 8. The van der Waals surface area contributed by atoms with E-state index in [0.717, 1.165) is 44.7 Å². The number of anilines is 6. The zero-order chi connectivity index (χ0) is 50.0. The van der Waals surface area contributed by atoms with E-state index in [1.807, 2.05) is 11.3 Å². The van der Waals surface area contributed by atoms with Crippen LogP contribution in [0.1, 0.15) is 105 Å². The first-order valence-electron chi connectivity index (χ1n) is 25.8. The van der Waals surface area contributed by atoms with Gasteiger partial charge in [-0.25, -0.2) is 0 Å². The molecule has 0 spiro atoms. The van der Waals surface area contributed by atoms with Crippen molar-refractivity contribution in [2.45, 2.75) is 105 Å². The van der Waals surface area contributed by atoms with Gasteiger partial charge >= 0.3 is 0 Å². The van der Waals surface area contributed by atoms with Crippen molar-refractivity contribution in [3.63, 3.8) is 0 Å². The number of hydrogen-bond donors (Lipinski definition) is 0. The molecule has 0 unspecified atom stereocenters. The van der Waals surface area contributed by atoms with Crippen LogP contribution in [-0.4, -0.2) is 11.3 Å². The maximum atomic E-state index is 6.72. The molecule has 0 bridgehead atoms. The second kappa shape index (κ2) is 15.3. The molecule has 0 amide bonds. The van der Waals surface area contributed by atoms with E-state index in [-0.39, 0.29) is 28.4 Å². The molecule has 0 N–H and O–H groups in total. The van der Waals surface area contributed by atoms with Gasteiger partial charge < -0.3 is 18.8 Å². The zero-order valence-electron chi connectivity index (χ0n) is 43.7. The molecule has 0 radical (unpaired) electrons. The number of aromatic nitrogens is 1. The fraction of sp³-hybridized carbons (Fsp3) is 0.242. The average molecular weight is 956 g/mol. The van der Waals surface area contributed by atoms with Gasteiger partial charge in [0.1, 0.15) is 11.2 Å². The lowest BCUT2D eigenvalue weighted by Crippen LogP contribution is -2.60. The Kier molecular flexibility index (Phi) is 9.51. The Hall–Kier alpha value is -7.02. The second-order valence-electron chi connectivity index (χ2n) is 24.7. The molecule has 0 fully saturated rings. The fourth-order valence-corrected chi connectivity index (χ4v) is 13.0. The molecule has 2 aliphatic rings. The van der Waals surface area contributed by atoms with Gasteiger partial charge in [-0.2, -0.15) is 0 Å². The normalized spacial score (nSPS) is 13.8. The lowest BCUT2D eigenvalue weighted by molar-refractivity contribution is 0.590. The Morgan fingerprint density at radius 1 is 0.431 bits per heavy atom. The number of nitrogens with zero attached hydrogens (tertiary/aromatic N) is 3. The van der Waals surface area contributed by atoms with E-state index in [4.69, 9.17) is 4.42 Å². The first-order chi connectivity index (χ1) is 34.2. The summed E-state index contributed by atoms with van der Waals surface area (Å²) in [5.74, 6) is 0. The van der Waals surface area contributed by atoms with Crippen LogP contribution in [0.2, 0.25) is 0 Å². The predicted octanol–water partition coefficient (Wildman–Crippen LogP) is 17.2. The van der Waals surface area contributed by atoms with Crippen LogP contribution in [0, 0.1) is 0 Å². The maximum Gasteiger partial charge on any atom is 0.252 e. The standard InChI is InChI=1S/C66H62BN3OS/c1-63(2,3)39-24-28-43(29-25-39)68(44-30-26-40(27-31-44)64(4,5)6)45-32-33-49-52(38-45)69(51-20-17-22-56-58(51)46-18-13-15-21-55(46)71-56)53-36-42(66(10,11)12)37-54-59(53)67(49)50-35-41(65(7,8)9)34-48-60(50)70(54)61-47-19-14-16-23-57(47)72-62(48)61/h13-38H,1-12H3. The minimum Gasteiger partial charge on any atom is -0.456 e. The van der Waals surface area contributed by atoms with Gasteiger partial charge in [0, 0.05) is 55.0 Å². The van der Waals surface area contributed by atoms with Crippen LogP contribution < -0.4 is 26.2 Å². The molecule has 5 heterocycles. The predicted molar refractivity (Wildman–Crippen MR) is 312 cm³/mol. The van der Waals surface area contributed by atoms with Crippen molar-refractivity contribution in [3.8, 4) is 5.69 Å². The van der Waals surface area contributed by atoms with Gasteiger partial charge in [0.2, 0.25) is 0 Å². The Labute approximate surface area is 428 Å². The SMILES string of the molecule is CC(C)(C)c1ccc(N(c2ccc(C(C)(C)C)cc2)c2ccc3c(c2)N(c2cccc4oc5ccccc5c24)c2cc(C(C)(C)C)cc4c2B3c2cc(C(C)(C)C)cc3c5sc6ccccc6c5n-4c23)cc1. The van der Waals surface area contributed by atoms with E-state index in [0.29, 0.717) is 0 Å². The van der Waals surface area contributed by atoms with Gasteiger partial charge in [-0.1, -0.05) is 162 Å². The molecule has 13 rings (SSSR count). The smallest absolute Gasteiger partial charge is 0.252 e. The number of furan rings is 1. The van der Waals surface area contributed by atoms with E-state index < -0.39 is 0 Å². The van der Waals surface area contributed by atoms with Gasteiger partial charge in [0.15, 0.2) is 0 Å². The topological polar surface area (TPSA) is 24.6 Å². The third kappa shape index (κ3) is 6.70. The molecular weight excluding hydrogens is 894 g/mol. The van der Waals surface area contributed by atoms with Gasteiger partial charge in [-0.05, 0) is 139 Å². The molecule has 8 aromatic carbocycles. The first-order valence-corrected chi connectivity index (χ1v) is 26.6. The monoisotopic (exact) mass is 955 g/mol. The van der Waals surface area contributed by atoms with E-state index >= 15 is 0 Å². The fourth-order valence-electron chi connectivity index (χ4n) is 11.8. The summed E-state index contributed by atoms with van der Waals surface area (Å²) in [6, 6.07) is 60.2. The molecule has 2 aliphatic heterocycles. The van der Waals surface area contributed by atoms with Crippen LogP contribution >= 0.6 is 11.3 Å². The molecule has 356 valence electrons. The Morgan fingerprint density at radius 3 is 1.65 bits per heavy atom. The van der Waals surface area contributed by atoms with E-state index in [1.165, 1.54) is 86.9 Å². The molecule has 3 aromatic heterocycles. The summed E-state index contributed by atoms with van der Waals surface area (Å²) in [5, 5.41) is 4.89. The molecule has 0 aliphatic carbocycles. The zero-order valence-corrected chi connectivity index (χ0v) is 44.6. The molecule has 11 aromatic rings. The molecular formula is C66H62BN3OS. The van der Waals surface area contributed by atoms with Crippen LogP contribution in [0.5, 0.6) is 0 Å². The molecule has 0 saturated heterocycles. The van der Waals surface area contributed by atoms with Crippen molar-refractivity contribution in [2.24, 2.45) is 0 Å². The number of hydrogen-bond acceptors (Lipinski definition) is 4. The lowest BCUT2D eigenvalue weighted by atomic mass is 9.33. The highest BCUT2D eigenvalue weighted by Gasteiger charge is 2.45. The van der Waals surface area contributed by atoms with Gasteiger partial charge in [-0.15, -0.1) is 11.3 Å². The number of fused-ring (bicyclic) bond motifs is 12. The van der Waals surface area contributed by atoms with Crippen molar-refractivity contribution in [3.05, 3.63) is 180 Å². The number of thiophene rings is 1. The molecule has 6 heteroatoms. The Balaban J connectivity index is 1.17. The van der Waals surface area contributed by atoms with E-state index in [2.05, 4.69) is 255 Å². The van der Waals surface area contributed by atoms with E-state index in [9.17, 15) is 0 Å². The van der Waals surface area contributed by atoms with Crippen LogP contribution in [-0.2, 0) is 21.7 Å². The third-order valence-electron chi connectivity index (χ3n) is 15.8. The summed E-state index contributed by atoms with van der Waals surface area (Å²) in [7, 11) is 0. The van der Waals surface area contributed by atoms with Crippen molar-refractivity contribution in [2.75, 3.05) is 9.80 Å². The number of para-hydroxylation sites is 1. The Morgan fingerprint density at radius 2 is 1.00 bits per heavy atom. The van der Waals surface area contributed by atoms with Crippen molar-refractivity contribution >= 4 is 122 Å². The molecule has 72 heavy (non-hydrogen) atoms. The van der Waals surface area contributed by atoms with Gasteiger partial charge in [0.25, 0.3) is 6.71 Å². The minimum absolute atomic E-state index is 0.0260. The van der Waals surface area contributed by atoms with Crippen LogP contribution in [0.3, 0.4) is 0 Å². The van der Waals surface area contributed by atoms with Gasteiger partial charge in [-0.3, -0.25) is 0 Å². The molecule has 0 atom stereocenters. The summed E-state index contributed by atoms with van der Waals surface area (Å²) in [6.07, 6.45) is 0. The van der Waals surface area contributed by atoms with Crippen molar-refractivity contribution in [1.29, 1.82) is 0 Å². The van der Waals surface area contributed by atoms with E-state index in [1.54, 1.807) is 0 Å². The summed E-state index contributed by atoms with van der Waals surface area (Å²) < 4.78 is 12.1. The summed E-state index contributed by atoms with van der Waals surface area (Å²) in [6.45, 7) is 27.9. The first kappa shape index (κ1) is 44.9. The largest absolute Gasteiger partial charge is 0.456 e. The third-order valence-corrected chi connectivity index (χ3v) is 17.0. The van der Waals surface area contributed by atoms with Gasteiger partial charge in [0.05, 0.1) is 26.8 Å². The average Bonchev–Trinajstić information content (AvgIpc) is 4.01. The number of rotatable bonds is 4. The minimum atomic E-state index is -0.156. The molecule has 0 saturated carbocycles. The van der Waals surface area contributed by atoms with Crippen molar-refractivity contribution < 1.29 is 4.42 Å². The summed E-state index contributed by atoms with van der Waals surface area (Å²) in [4.78, 5) is 5.07. The molecule has 4 nitrogen and oxygen atoms in total. The van der Waals surface area contributed by atoms with Crippen LogP contribution in [0.15, 0.2) is 162 Å². The second-order valence-corrected chi connectivity index (χ2v) is 25.7. The highest BCUT2D eigenvalue weighted by Crippen LogP contribution is 2.50. The quantitative estimate of drug-likeness (QED) is 0.164. The summed E-state index contributed by atoms with van der Waals surface area (Å²) in [5.41, 5.74) is 21.6. The van der Waals surface area contributed by atoms with Crippen molar-refractivity contribution in [1.82, 2.24) is 4.57 Å². The maximum absolute atomic E-state index is 6.72. The van der Waals surface area contributed by atoms with Crippen LogP contribution in [0.25, 0.3) is 58.8 Å². The summed E-state index contributed by atoms with van der Waals surface area (Å²) >= 11 is 1.94. The van der Waals surface area contributed by atoms with Crippen LogP contribution in [0.4, 0.5) is 34.1 Å². The Bertz CT molecular complexity index is 3970. The lowest BCUT2D eigenvalue weighted by Gasteiger charge is -2.42.